The van der Waals surface area contributed by atoms with Gasteiger partial charge in [-0.25, -0.2) is 0 Å². The Morgan fingerprint density at radius 3 is 2.53 bits per heavy atom. The highest BCUT2D eigenvalue weighted by Gasteiger charge is 2.16. The molecule has 2 heteroatoms. The van der Waals surface area contributed by atoms with Gasteiger partial charge in [0, 0.05) is 5.56 Å². The molecule has 0 bridgehead atoms. The highest BCUT2D eigenvalue weighted by atomic mass is 16.5. The van der Waals surface area contributed by atoms with Crippen molar-refractivity contribution < 1.29 is 9.53 Å². The first-order chi connectivity index (χ1) is 7.36. The van der Waals surface area contributed by atoms with Crippen molar-refractivity contribution in [3.05, 3.63) is 35.9 Å². The molecule has 0 amide bonds. The third-order valence-corrected chi connectivity index (χ3v) is 2.85. The van der Waals surface area contributed by atoms with Gasteiger partial charge < -0.3 is 4.74 Å². The van der Waals surface area contributed by atoms with E-state index in [0.29, 0.717) is 6.10 Å². The molecule has 0 aliphatic heterocycles. The van der Waals surface area contributed by atoms with Gasteiger partial charge in [-0.3, -0.25) is 4.79 Å². The molecule has 0 N–H and O–H groups in total. The second-order valence-corrected chi connectivity index (χ2v) is 4.01. The summed E-state index contributed by atoms with van der Waals surface area (Å²) in [6.45, 7) is 0.231. The maximum atomic E-state index is 11.7. The fourth-order valence-corrected chi connectivity index (χ4v) is 1.96. The summed E-state index contributed by atoms with van der Waals surface area (Å²) in [5.74, 6) is 0.0856. The average Bonchev–Trinajstić information content (AvgIpc) is 2.80. The van der Waals surface area contributed by atoms with Crippen LogP contribution in [0.1, 0.15) is 36.0 Å². The van der Waals surface area contributed by atoms with Gasteiger partial charge in [0.1, 0.15) is 6.61 Å². The molecule has 1 aliphatic carbocycles. The summed E-state index contributed by atoms with van der Waals surface area (Å²) in [6.07, 6.45) is 5.02. The predicted molar refractivity (Wildman–Crippen MR) is 59.0 cm³/mol. The quantitative estimate of drug-likeness (QED) is 0.705. The molecule has 0 unspecified atom stereocenters. The monoisotopic (exact) mass is 204 g/mol. The van der Waals surface area contributed by atoms with Gasteiger partial charge in [0.25, 0.3) is 0 Å². The van der Waals surface area contributed by atoms with E-state index in [4.69, 9.17) is 4.74 Å². The summed E-state index contributed by atoms with van der Waals surface area (Å²) in [5, 5.41) is 0. The number of carbonyl (C=O) groups is 1. The lowest BCUT2D eigenvalue weighted by Gasteiger charge is -2.09. The minimum Gasteiger partial charge on any atom is -0.370 e. The van der Waals surface area contributed by atoms with Crippen molar-refractivity contribution in [3.8, 4) is 0 Å². The number of hydrogen-bond acceptors (Lipinski definition) is 2. The molecule has 1 aromatic carbocycles. The van der Waals surface area contributed by atoms with Crippen LogP contribution in [-0.4, -0.2) is 18.5 Å². The number of benzene rings is 1. The molecule has 1 aromatic rings. The van der Waals surface area contributed by atoms with E-state index in [0.717, 1.165) is 18.4 Å². The van der Waals surface area contributed by atoms with Crippen LogP contribution in [0, 0.1) is 0 Å². The predicted octanol–water partition coefficient (Wildman–Crippen LogP) is 2.83. The van der Waals surface area contributed by atoms with Gasteiger partial charge >= 0.3 is 0 Å². The van der Waals surface area contributed by atoms with Gasteiger partial charge in [0.15, 0.2) is 5.78 Å². The SMILES string of the molecule is O=C(COC1CCCC1)c1ccccc1. The minimum atomic E-state index is 0.0856. The third-order valence-electron chi connectivity index (χ3n) is 2.85. The third kappa shape index (κ3) is 2.90. The van der Waals surface area contributed by atoms with Gasteiger partial charge in [-0.1, -0.05) is 43.2 Å². The lowest BCUT2D eigenvalue weighted by molar-refractivity contribution is 0.0482. The van der Waals surface area contributed by atoms with E-state index in [1.54, 1.807) is 0 Å². The van der Waals surface area contributed by atoms with Crippen LogP contribution >= 0.6 is 0 Å². The van der Waals surface area contributed by atoms with Crippen molar-refractivity contribution >= 4 is 5.78 Å². The van der Waals surface area contributed by atoms with E-state index in [1.807, 2.05) is 30.3 Å². The highest BCUT2D eigenvalue weighted by Crippen LogP contribution is 2.20. The smallest absolute Gasteiger partial charge is 0.188 e. The van der Waals surface area contributed by atoms with Gasteiger partial charge in [-0.2, -0.15) is 0 Å². The maximum Gasteiger partial charge on any atom is 0.188 e. The summed E-state index contributed by atoms with van der Waals surface area (Å²) < 4.78 is 5.57. The fourth-order valence-electron chi connectivity index (χ4n) is 1.96. The Labute approximate surface area is 90.3 Å². The molecule has 0 heterocycles. The summed E-state index contributed by atoms with van der Waals surface area (Å²) >= 11 is 0. The number of ketones is 1. The van der Waals surface area contributed by atoms with E-state index in [9.17, 15) is 4.79 Å². The Balaban J connectivity index is 1.82. The topological polar surface area (TPSA) is 26.3 Å². The molecule has 0 spiro atoms. The van der Waals surface area contributed by atoms with Crippen molar-refractivity contribution in [2.45, 2.75) is 31.8 Å². The molecule has 0 radical (unpaired) electrons. The normalized spacial score (nSPS) is 16.8. The van der Waals surface area contributed by atoms with Gasteiger partial charge in [-0.15, -0.1) is 0 Å². The second-order valence-electron chi connectivity index (χ2n) is 4.01. The standard InChI is InChI=1S/C13H16O2/c14-13(11-6-2-1-3-7-11)10-15-12-8-4-5-9-12/h1-3,6-7,12H,4-5,8-10H2. The Morgan fingerprint density at radius 2 is 1.87 bits per heavy atom. The molecule has 2 rings (SSSR count). The molecule has 1 saturated carbocycles. The van der Waals surface area contributed by atoms with Gasteiger partial charge in [0.05, 0.1) is 6.10 Å². The lowest BCUT2D eigenvalue weighted by Crippen LogP contribution is -2.15. The first-order valence-corrected chi connectivity index (χ1v) is 5.56. The molecule has 1 aliphatic rings. The van der Waals surface area contributed by atoms with Crippen LogP contribution in [-0.2, 0) is 4.74 Å². The zero-order valence-corrected chi connectivity index (χ0v) is 8.82. The number of Topliss-reactive ketones (excluding diaryl/α,β-unsaturated/α-hetero) is 1. The number of hydrogen-bond donors (Lipinski definition) is 0. The summed E-state index contributed by atoms with van der Waals surface area (Å²) in [5.41, 5.74) is 0.746. The summed E-state index contributed by atoms with van der Waals surface area (Å²) in [7, 11) is 0. The lowest BCUT2D eigenvalue weighted by atomic mass is 10.1. The molecule has 15 heavy (non-hydrogen) atoms. The van der Waals surface area contributed by atoms with Crippen molar-refractivity contribution in [1.82, 2.24) is 0 Å². The zero-order valence-electron chi connectivity index (χ0n) is 8.82. The molecular formula is C13H16O2. The number of carbonyl (C=O) groups excluding carboxylic acids is 1. The largest absolute Gasteiger partial charge is 0.370 e. The van der Waals surface area contributed by atoms with Gasteiger partial charge in [-0.05, 0) is 12.8 Å². The van der Waals surface area contributed by atoms with Crippen LogP contribution in [0.5, 0.6) is 0 Å². The van der Waals surface area contributed by atoms with Gasteiger partial charge in [0.2, 0.25) is 0 Å². The number of ether oxygens (including phenoxy) is 1. The molecule has 80 valence electrons. The summed E-state index contributed by atoms with van der Waals surface area (Å²) in [4.78, 5) is 11.7. The van der Waals surface area contributed by atoms with E-state index < -0.39 is 0 Å². The van der Waals surface area contributed by atoms with E-state index >= 15 is 0 Å². The number of rotatable bonds is 4. The molecule has 2 nitrogen and oxygen atoms in total. The Bertz CT molecular complexity index is 313. The average molecular weight is 204 g/mol. The first kappa shape index (κ1) is 10.4. The van der Waals surface area contributed by atoms with Crippen molar-refractivity contribution in [3.63, 3.8) is 0 Å². The highest BCUT2D eigenvalue weighted by molar-refractivity contribution is 5.96. The van der Waals surface area contributed by atoms with Crippen molar-refractivity contribution in [2.75, 3.05) is 6.61 Å². The van der Waals surface area contributed by atoms with E-state index in [-0.39, 0.29) is 12.4 Å². The molecule has 1 fully saturated rings. The first-order valence-electron chi connectivity index (χ1n) is 5.56. The zero-order chi connectivity index (χ0) is 10.5. The molecule has 0 atom stereocenters. The Morgan fingerprint density at radius 1 is 1.20 bits per heavy atom. The minimum absolute atomic E-state index is 0.0856. The summed E-state index contributed by atoms with van der Waals surface area (Å²) in [6, 6.07) is 9.33. The van der Waals surface area contributed by atoms with Crippen LogP contribution in [0.3, 0.4) is 0 Å². The van der Waals surface area contributed by atoms with Crippen LogP contribution < -0.4 is 0 Å². The van der Waals surface area contributed by atoms with E-state index in [2.05, 4.69) is 0 Å². The molecule has 0 aromatic heterocycles. The Kier molecular flexibility index (Phi) is 3.51. The molecular weight excluding hydrogens is 188 g/mol. The van der Waals surface area contributed by atoms with Crippen molar-refractivity contribution in [1.29, 1.82) is 0 Å². The van der Waals surface area contributed by atoms with Crippen LogP contribution in [0.2, 0.25) is 0 Å². The van der Waals surface area contributed by atoms with Crippen LogP contribution in [0.4, 0.5) is 0 Å². The molecule has 0 saturated heterocycles. The maximum absolute atomic E-state index is 11.7. The van der Waals surface area contributed by atoms with Crippen molar-refractivity contribution in [2.24, 2.45) is 0 Å². The van der Waals surface area contributed by atoms with E-state index in [1.165, 1.54) is 12.8 Å². The second kappa shape index (κ2) is 5.08. The van der Waals surface area contributed by atoms with Crippen LogP contribution in [0.25, 0.3) is 0 Å². The Hall–Kier alpha value is -1.15. The van der Waals surface area contributed by atoms with Crippen LogP contribution in [0.15, 0.2) is 30.3 Å². The fraction of sp³-hybridized carbons (Fsp3) is 0.462.